The van der Waals surface area contributed by atoms with E-state index >= 15 is 0 Å². The molecular weight excluding hydrogens is 390 g/mol. The average molecular weight is 424 g/mol. The third kappa shape index (κ3) is 6.38. The Morgan fingerprint density at radius 2 is 1.87 bits per heavy atom. The van der Waals surface area contributed by atoms with Crippen molar-refractivity contribution in [2.24, 2.45) is 4.99 Å². The Hall–Kier alpha value is -3.22. The molecule has 2 N–H and O–H groups in total. The zero-order valence-corrected chi connectivity index (χ0v) is 18.7. The molecule has 1 aliphatic rings. The minimum Gasteiger partial charge on any atom is -0.497 e. The largest absolute Gasteiger partial charge is 0.497 e. The second-order valence-electron chi connectivity index (χ2n) is 7.57. The van der Waals surface area contributed by atoms with Gasteiger partial charge in [-0.15, -0.1) is 0 Å². The van der Waals surface area contributed by atoms with Crippen molar-refractivity contribution in [1.29, 1.82) is 0 Å². The minimum atomic E-state index is 0.0531. The predicted molar refractivity (Wildman–Crippen MR) is 127 cm³/mol. The van der Waals surface area contributed by atoms with Gasteiger partial charge in [-0.3, -0.25) is 9.79 Å². The van der Waals surface area contributed by atoms with Crippen LogP contribution in [0.1, 0.15) is 25.3 Å². The van der Waals surface area contributed by atoms with Crippen molar-refractivity contribution >= 4 is 23.2 Å². The molecule has 0 atom stereocenters. The SMILES string of the molecule is CCCC(=O)Nc1cccc(CNC(=NC)N2CCN(c3cccc(OC)c3)CC2)c1. The van der Waals surface area contributed by atoms with Crippen LogP contribution in [0.15, 0.2) is 53.5 Å². The fraction of sp³-hybridized carbons (Fsp3) is 0.417. The summed E-state index contributed by atoms with van der Waals surface area (Å²) in [6.07, 6.45) is 1.38. The van der Waals surface area contributed by atoms with E-state index in [1.807, 2.05) is 44.3 Å². The van der Waals surface area contributed by atoms with E-state index in [1.54, 1.807) is 7.11 Å². The summed E-state index contributed by atoms with van der Waals surface area (Å²) in [4.78, 5) is 21.0. The topological polar surface area (TPSA) is 69.2 Å². The number of nitrogens with zero attached hydrogens (tertiary/aromatic N) is 3. The maximum Gasteiger partial charge on any atom is 0.224 e. The van der Waals surface area contributed by atoms with Gasteiger partial charge in [-0.05, 0) is 36.2 Å². The van der Waals surface area contributed by atoms with E-state index < -0.39 is 0 Å². The molecule has 1 fully saturated rings. The first kappa shape index (κ1) is 22.5. The lowest BCUT2D eigenvalue weighted by Crippen LogP contribution is -2.52. The monoisotopic (exact) mass is 423 g/mol. The summed E-state index contributed by atoms with van der Waals surface area (Å²) in [7, 11) is 3.51. The first-order valence-electron chi connectivity index (χ1n) is 10.9. The Bertz CT molecular complexity index is 891. The zero-order valence-electron chi connectivity index (χ0n) is 18.7. The summed E-state index contributed by atoms with van der Waals surface area (Å²) in [6.45, 7) is 6.29. The molecule has 0 unspecified atom stereocenters. The number of aliphatic imine (C=N–C) groups is 1. The Balaban J connectivity index is 1.53. The summed E-state index contributed by atoms with van der Waals surface area (Å²) in [5.41, 5.74) is 3.12. The molecule has 0 aromatic heterocycles. The molecule has 1 saturated heterocycles. The number of hydrogen-bond acceptors (Lipinski definition) is 4. The van der Waals surface area contributed by atoms with Crippen LogP contribution in [0.4, 0.5) is 11.4 Å². The van der Waals surface area contributed by atoms with Gasteiger partial charge < -0.3 is 25.2 Å². The quantitative estimate of drug-likeness (QED) is 0.528. The van der Waals surface area contributed by atoms with E-state index in [9.17, 15) is 4.79 Å². The number of guanidine groups is 1. The molecule has 1 aliphatic heterocycles. The Kier molecular flexibility index (Phi) is 8.15. The normalized spacial score (nSPS) is 14.4. The van der Waals surface area contributed by atoms with Crippen LogP contribution in [0, 0.1) is 0 Å². The number of hydrogen-bond donors (Lipinski definition) is 2. The van der Waals surface area contributed by atoms with Gasteiger partial charge in [0.2, 0.25) is 5.91 Å². The molecular formula is C24H33N5O2. The van der Waals surface area contributed by atoms with Gasteiger partial charge in [0.05, 0.1) is 7.11 Å². The number of carbonyl (C=O) groups excluding carboxylic acids is 1. The van der Waals surface area contributed by atoms with E-state index in [2.05, 4.69) is 43.6 Å². The Morgan fingerprint density at radius 3 is 2.58 bits per heavy atom. The summed E-state index contributed by atoms with van der Waals surface area (Å²) < 4.78 is 5.35. The van der Waals surface area contributed by atoms with Crippen molar-refractivity contribution in [2.45, 2.75) is 26.3 Å². The first-order chi connectivity index (χ1) is 15.1. The summed E-state index contributed by atoms with van der Waals surface area (Å²) in [5.74, 6) is 1.83. The lowest BCUT2D eigenvalue weighted by molar-refractivity contribution is -0.116. The molecule has 0 aliphatic carbocycles. The van der Waals surface area contributed by atoms with Crippen molar-refractivity contribution in [3.8, 4) is 5.75 Å². The van der Waals surface area contributed by atoms with Crippen molar-refractivity contribution < 1.29 is 9.53 Å². The predicted octanol–water partition coefficient (Wildman–Crippen LogP) is 3.33. The van der Waals surface area contributed by atoms with Gasteiger partial charge >= 0.3 is 0 Å². The van der Waals surface area contributed by atoms with Crippen LogP contribution in [-0.2, 0) is 11.3 Å². The van der Waals surface area contributed by atoms with Crippen LogP contribution in [0.2, 0.25) is 0 Å². The van der Waals surface area contributed by atoms with Crippen LogP contribution in [0.25, 0.3) is 0 Å². The van der Waals surface area contributed by atoms with Crippen LogP contribution in [0.5, 0.6) is 5.75 Å². The van der Waals surface area contributed by atoms with Gasteiger partial charge in [-0.1, -0.05) is 25.1 Å². The molecule has 7 nitrogen and oxygen atoms in total. The van der Waals surface area contributed by atoms with Gasteiger partial charge in [0.1, 0.15) is 5.75 Å². The van der Waals surface area contributed by atoms with Crippen LogP contribution in [-0.4, -0.2) is 57.1 Å². The number of ether oxygens (including phenoxy) is 1. The van der Waals surface area contributed by atoms with E-state index in [0.29, 0.717) is 13.0 Å². The smallest absolute Gasteiger partial charge is 0.224 e. The zero-order chi connectivity index (χ0) is 22.1. The highest BCUT2D eigenvalue weighted by molar-refractivity contribution is 5.90. The molecule has 0 radical (unpaired) electrons. The molecule has 7 heteroatoms. The van der Waals surface area contributed by atoms with Crippen LogP contribution >= 0.6 is 0 Å². The molecule has 2 aromatic carbocycles. The summed E-state index contributed by atoms with van der Waals surface area (Å²) >= 11 is 0. The molecule has 0 spiro atoms. The highest BCUT2D eigenvalue weighted by atomic mass is 16.5. The van der Waals surface area contributed by atoms with E-state index in [4.69, 9.17) is 4.74 Å². The number of carbonyl (C=O) groups is 1. The van der Waals surface area contributed by atoms with E-state index in [1.165, 1.54) is 5.69 Å². The number of nitrogens with one attached hydrogen (secondary N) is 2. The number of amides is 1. The molecule has 0 bridgehead atoms. The molecule has 1 heterocycles. The Labute approximate surface area is 185 Å². The molecule has 0 saturated carbocycles. The summed E-state index contributed by atoms with van der Waals surface area (Å²) in [5, 5.41) is 6.41. The van der Waals surface area contributed by atoms with Crippen molar-refractivity contribution in [1.82, 2.24) is 10.2 Å². The molecule has 166 valence electrons. The highest BCUT2D eigenvalue weighted by Gasteiger charge is 2.20. The molecule has 31 heavy (non-hydrogen) atoms. The minimum absolute atomic E-state index is 0.0531. The average Bonchev–Trinajstić information content (AvgIpc) is 2.80. The lowest BCUT2D eigenvalue weighted by atomic mass is 10.2. The van der Waals surface area contributed by atoms with E-state index in [-0.39, 0.29) is 5.91 Å². The molecule has 2 aromatic rings. The third-order valence-corrected chi connectivity index (χ3v) is 5.35. The van der Waals surface area contributed by atoms with Crippen molar-refractivity contribution in [2.75, 3.05) is 50.6 Å². The number of piperazine rings is 1. The van der Waals surface area contributed by atoms with Gasteiger partial charge in [0.15, 0.2) is 5.96 Å². The first-order valence-corrected chi connectivity index (χ1v) is 10.9. The standard InChI is InChI=1S/C24H33N5O2/c1-4-7-23(30)27-20-9-5-8-19(16-20)18-26-24(25-2)29-14-12-28(13-15-29)21-10-6-11-22(17-21)31-3/h5-6,8-11,16-17H,4,7,12-15,18H2,1-3H3,(H,25,26)(H,27,30). The fourth-order valence-corrected chi connectivity index (χ4v) is 3.71. The molecule has 3 rings (SSSR count). The number of methoxy groups -OCH3 is 1. The molecule has 1 amide bonds. The third-order valence-electron chi connectivity index (χ3n) is 5.35. The van der Waals surface area contributed by atoms with Gasteiger partial charge in [-0.2, -0.15) is 0 Å². The maximum absolute atomic E-state index is 11.8. The van der Waals surface area contributed by atoms with Gasteiger partial charge in [-0.25, -0.2) is 0 Å². The number of rotatable bonds is 7. The lowest BCUT2D eigenvalue weighted by Gasteiger charge is -2.37. The second-order valence-corrected chi connectivity index (χ2v) is 7.57. The van der Waals surface area contributed by atoms with Crippen molar-refractivity contribution in [3.05, 3.63) is 54.1 Å². The number of anilines is 2. The summed E-state index contributed by atoms with van der Waals surface area (Å²) in [6, 6.07) is 16.1. The maximum atomic E-state index is 11.8. The van der Waals surface area contributed by atoms with Gasteiger partial charge in [0.25, 0.3) is 0 Å². The number of benzene rings is 2. The highest BCUT2D eigenvalue weighted by Crippen LogP contribution is 2.22. The van der Waals surface area contributed by atoms with E-state index in [0.717, 1.165) is 55.6 Å². The second kappa shape index (κ2) is 11.2. The fourth-order valence-electron chi connectivity index (χ4n) is 3.71. The van der Waals surface area contributed by atoms with Crippen LogP contribution < -0.4 is 20.3 Å². The van der Waals surface area contributed by atoms with Crippen molar-refractivity contribution in [3.63, 3.8) is 0 Å². The Morgan fingerprint density at radius 1 is 1.10 bits per heavy atom. The van der Waals surface area contributed by atoms with Gasteiger partial charge in [0, 0.05) is 63.6 Å². The van der Waals surface area contributed by atoms with Crippen LogP contribution in [0.3, 0.4) is 0 Å².